The summed E-state index contributed by atoms with van der Waals surface area (Å²) in [5.41, 5.74) is 3.08. The zero-order chi connectivity index (χ0) is 9.10. The monoisotopic (exact) mass is 196 g/mol. The molecule has 0 aliphatic heterocycles. The lowest BCUT2D eigenvalue weighted by Gasteiger charge is -2.26. The predicted molar refractivity (Wildman–Crippen MR) is 55.9 cm³/mol. The average Bonchev–Trinajstić information content (AvgIpc) is 2.52. The van der Waals surface area contributed by atoms with E-state index in [1.165, 1.54) is 31.5 Å². The molecule has 13 heavy (non-hydrogen) atoms. The molecule has 0 saturated heterocycles. The van der Waals surface area contributed by atoms with E-state index in [9.17, 15) is 0 Å². The van der Waals surface area contributed by atoms with Crippen molar-refractivity contribution in [3.05, 3.63) is 16.6 Å². The summed E-state index contributed by atoms with van der Waals surface area (Å²) in [6.07, 6.45) is 4.25. The van der Waals surface area contributed by atoms with Gasteiger partial charge in [0, 0.05) is 11.4 Å². The molecule has 0 aromatic carbocycles. The average molecular weight is 196 g/mol. The van der Waals surface area contributed by atoms with Gasteiger partial charge < -0.3 is 5.32 Å². The van der Waals surface area contributed by atoms with Crippen molar-refractivity contribution in [3.63, 3.8) is 0 Å². The Morgan fingerprint density at radius 1 is 1.69 bits per heavy atom. The highest BCUT2D eigenvalue weighted by Gasteiger charge is 2.18. The molecular formula is C10H16N2S. The van der Waals surface area contributed by atoms with E-state index in [1.54, 1.807) is 11.3 Å². The standard InChI is InChI=1S/C10H16N2S/c1-8(10-6-13-7-12-10)11-5-9-3-2-4-9/h6-9,11H,2-5H2,1H3. The van der Waals surface area contributed by atoms with Crippen LogP contribution in [0, 0.1) is 5.92 Å². The molecule has 3 heteroatoms. The van der Waals surface area contributed by atoms with Crippen molar-refractivity contribution in [1.82, 2.24) is 10.3 Å². The molecule has 72 valence electrons. The van der Waals surface area contributed by atoms with Crippen LogP contribution in [-0.4, -0.2) is 11.5 Å². The van der Waals surface area contributed by atoms with Gasteiger partial charge in [0.15, 0.2) is 0 Å². The van der Waals surface area contributed by atoms with Crippen molar-refractivity contribution >= 4 is 11.3 Å². The van der Waals surface area contributed by atoms with Crippen LogP contribution in [0.4, 0.5) is 0 Å². The van der Waals surface area contributed by atoms with Crippen LogP contribution in [-0.2, 0) is 0 Å². The van der Waals surface area contributed by atoms with Gasteiger partial charge in [0.25, 0.3) is 0 Å². The minimum Gasteiger partial charge on any atom is -0.309 e. The molecule has 1 aromatic rings. The first-order valence-electron chi connectivity index (χ1n) is 4.97. The van der Waals surface area contributed by atoms with Crippen LogP contribution in [0.2, 0.25) is 0 Å². The number of rotatable bonds is 4. The maximum absolute atomic E-state index is 4.29. The second-order valence-electron chi connectivity index (χ2n) is 3.84. The molecule has 1 aromatic heterocycles. The molecule has 1 unspecified atom stereocenters. The normalized spacial score (nSPS) is 19.8. The van der Waals surface area contributed by atoms with Crippen molar-refractivity contribution in [2.75, 3.05) is 6.54 Å². The first kappa shape index (κ1) is 9.16. The Morgan fingerprint density at radius 3 is 3.08 bits per heavy atom. The van der Waals surface area contributed by atoms with Crippen molar-refractivity contribution in [2.45, 2.75) is 32.2 Å². The van der Waals surface area contributed by atoms with Gasteiger partial charge in [-0.2, -0.15) is 0 Å². The fraction of sp³-hybridized carbons (Fsp3) is 0.700. The Balaban J connectivity index is 1.74. The van der Waals surface area contributed by atoms with E-state index >= 15 is 0 Å². The maximum atomic E-state index is 4.29. The van der Waals surface area contributed by atoms with E-state index in [4.69, 9.17) is 0 Å². The van der Waals surface area contributed by atoms with Crippen LogP contribution < -0.4 is 5.32 Å². The molecule has 1 heterocycles. The lowest BCUT2D eigenvalue weighted by atomic mass is 9.85. The molecule has 1 aliphatic carbocycles. The van der Waals surface area contributed by atoms with E-state index in [1.807, 2.05) is 5.51 Å². The number of hydrogen-bond donors (Lipinski definition) is 1. The molecule has 0 amide bonds. The number of aromatic nitrogens is 1. The summed E-state index contributed by atoms with van der Waals surface area (Å²) < 4.78 is 0. The molecule has 0 radical (unpaired) electrons. The lowest BCUT2D eigenvalue weighted by Crippen LogP contribution is -2.29. The van der Waals surface area contributed by atoms with Crippen LogP contribution in [0.15, 0.2) is 10.9 Å². The Kier molecular flexibility index (Phi) is 2.96. The summed E-state index contributed by atoms with van der Waals surface area (Å²) in [6, 6.07) is 0.423. The predicted octanol–water partition coefficient (Wildman–Crippen LogP) is 2.59. The topological polar surface area (TPSA) is 24.9 Å². The molecule has 1 aliphatic rings. The highest BCUT2D eigenvalue weighted by molar-refractivity contribution is 7.07. The fourth-order valence-corrected chi connectivity index (χ4v) is 2.23. The summed E-state index contributed by atoms with van der Waals surface area (Å²) in [5, 5.41) is 5.65. The molecule has 1 N–H and O–H groups in total. The summed E-state index contributed by atoms with van der Waals surface area (Å²) >= 11 is 1.67. The van der Waals surface area contributed by atoms with Crippen LogP contribution in [0.3, 0.4) is 0 Å². The smallest absolute Gasteiger partial charge is 0.0795 e. The molecule has 1 atom stereocenters. The molecule has 0 bridgehead atoms. The Labute approximate surface area is 83.4 Å². The minimum absolute atomic E-state index is 0.423. The third-order valence-corrected chi connectivity index (χ3v) is 3.44. The summed E-state index contributed by atoms with van der Waals surface area (Å²) in [4.78, 5) is 4.29. The van der Waals surface area contributed by atoms with Gasteiger partial charge in [0.05, 0.1) is 11.2 Å². The van der Waals surface area contributed by atoms with Gasteiger partial charge in [-0.25, -0.2) is 4.98 Å². The fourth-order valence-electron chi connectivity index (χ4n) is 1.58. The Hall–Kier alpha value is -0.410. The van der Waals surface area contributed by atoms with Crippen molar-refractivity contribution < 1.29 is 0 Å². The van der Waals surface area contributed by atoms with Crippen LogP contribution in [0.1, 0.15) is 37.9 Å². The Morgan fingerprint density at radius 2 is 2.54 bits per heavy atom. The zero-order valence-corrected chi connectivity index (χ0v) is 8.81. The maximum Gasteiger partial charge on any atom is 0.0795 e. The van der Waals surface area contributed by atoms with Gasteiger partial charge in [-0.15, -0.1) is 11.3 Å². The second kappa shape index (κ2) is 4.20. The molecule has 0 spiro atoms. The first-order valence-corrected chi connectivity index (χ1v) is 5.92. The second-order valence-corrected chi connectivity index (χ2v) is 4.56. The number of nitrogens with zero attached hydrogens (tertiary/aromatic N) is 1. The third-order valence-electron chi connectivity index (χ3n) is 2.83. The van der Waals surface area contributed by atoms with Crippen LogP contribution in [0.25, 0.3) is 0 Å². The van der Waals surface area contributed by atoms with Crippen molar-refractivity contribution in [3.8, 4) is 0 Å². The van der Waals surface area contributed by atoms with Crippen molar-refractivity contribution in [1.29, 1.82) is 0 Å². The zero-order valence-electron chi connectivity index (χ0n) is 7.99. The first-order chi connectivity index (χ1) is 6.36. The van der Waals surface area contributed by atoms with Gasteiger partial charge in [-0.1, -0.05) is 6.42 Å². The molecular weight excluding hydrogens is 180 g/mol. The molecule has 1 fully saturated rings. The van der Waals surface area contributed by atoms with Crippen molar-refractivity contribution in [2.24, 2.45) is 5.92 Å². The largest absolute Gasteiger partial charge is 0.309 e. The minimum atomic E-state index is 0.423. The molecule has 2 nitrogen and oxygen atoms in total. The molecule has 1 saturated carbocycles. The van der Waals surface area contributed by atoms with E-state index in [-0.39, 0.29) is 0 Å². The molecule has 2 rings (SSSR count). The summed E-state index contributed by atoms with van der Waals surface area (Å²) in [6.45, 7) is 3.35. The third kappa shape index (κ3) is 2.29. The van der Waals surface area contributed by atoms with E-state index in [2.05, 4.69) is 22.6 Å². The van der Waals surface area contributed by atoms with E-state index < -0.39 is 0 Å². The number of hydrogen-bond acceptors (Lipinski definition) is 3. The highest BCUT2D eigenvalue weighted by atomic mass is 32.1. The van der Waals surface area contributed by atoms with Gasteiger partial charge in [-0.3, -0.25) is 0 Å². The summed E-state index contributed by atoms with van der Waals surface area (Å²) in [7, 11) is 0. The lowest BCUT2D eigenvalue weighted by molar-refractivity contribution is 0.291. The van der Waals surface area contributed by atoms with E-state index in [0.29, 0.717) is 6.04 Å². The van der Waals surface area contributed by atoms with Crippen LogP contribution in [0.5, 0.6) is 0 Å². The van der Waals surface area contributed by atoms with Gasteiger partial charge >= 0.3 is 0 Å². The van der Waals surface area contributed by atoms with E-state index in [0.717, 1.165) is 5.92 Å². The van der Waals surface area contributed by atoms with Gasteiger partial charge in [-0.05, 0) is 32.2 Å². The quantitative estimate of drug-likeness (QED) is 0.800. The Bertz CT molecular complexity index is 241. The SMILES string of the molecule is CC(NCC1CCC1)c1cscn1. The highest BCUT2D eigenvalue weighted by Crippen LogP contribution is 2.26. The number of nitrogens with one attached hydrogen (secondary N) is 1. The van der Waals surface area contributed by atoms with Gasteiger partial charge in [0.1, 0.15) is 0 Å². The van der Waals surface area contributed by atoms with Crippen LogP contribution >= 0.6 is 11.3 Å². The number of thiazole rings is 1. The summed E-state index contributed by atoms with van der Waals surface area (Å²) in [5.74, 6) is 0.932. The van der Waals surface area contributed by atoms with Gasteiger partial charge in [0.2, 0.25) is 0 Å².